The summed E-state index contributed by atoms with van der Waals surface area (Å²) in [5, 5.41) is 2.79. The normalized spacial score (nSPS) is 10.7. The van der Waals surface area contributed by atoms with E-state index in [9.17, 15) is 9.18 Å². The van der Waals surface area contributed by atoms with Gasteiger partial charge in [0.25, 0.3) is 0 Å². The summed E-state index contributed by atoms with van der Waals surface area (Å²) in [6, 6.07) is 15.4. The molecule has 0 atom stereocenters. The Labute approximate surface area is 151 Å². The molecule has 26 heavy (non-hydrogen) atoms. The molecule has 4 nitrogen and oxygen atoms in total. The standard InChI is InChI=1S/C21H17FN2O2/c1-15-5-2-3-7-19(15)24-21(25)11-9-16-8-10-20(18(22)13-16)26-17-6-4-12-23-14-17/h2-14H,1H3,(H,24,25)/b11-9+. The summed E-state index contributed by atoms with van der Waals surface area (Å²) >= 11 is 0. The molecule has 1 aromatic heterocycles. The molecule has 2 aromatic carbocycles. The van der Waals surface area contributed by atoms with E-state index >= 15 is 0 Å². The Morgan fingerprint density at radius 1 is 1.15 bits per heavy atom. The summed E-state index contributed by atoms with van der Waals surface area (Å²) in [5.74, 6) is -0.252. The molecule has 0 saturated heterocycles. The van der Waals surface area contributed by atoms with E-state index in [0.29, 0.717) is 11.3 Å². The first-order valence-corrected chi connectivity index (χ1v) is 8.04. The molecule has 1 heterocycles. The maximum atomic E-state index is 14.2. The number of rotatable bonds is 5. The molecule has 5 heteroatoms. The van der Waals surface area contributed by atoms with Crippen molar-refractivity contribution >= 4 is 17.7 Å². The molecule has 3 aromatic rings. The Kier molecular flexibility index (Phi) is 5.39. The van der Waals surface area contributed by atoms with E-state index < -0.39 is 5.82 Å². The second-order valence-electron chi connectivity index (χ2n) is 5.62. The number of pyridine rings is 1. The van der Waals surface area contributed by atoms with Crippen LogP contribution in [0, 0.1) is 12.7 Å². The van der Waals surface area contributed by atoms with Crippen LogP contribution in [0.3, 0.4) is 0 Å². The first-order chi connectivity index (χ1) is 12.6. The minimum Gasteiger partial charge on any atom is -0.453 e. The Bertz CT molecular complexity index is 940. The zero-order valence-electron chi connectivity index (χ0n) is 14.1. The van der Waals surface area contributed by atoms with E-state index in [4.69, 9.17) is 4.74 Å². The highest BCUT2D eigenvalue weighted by Gasteiger charge is 2.06. The topological polar surface area (TPSA) is 51.2 Å². The van der Waals surface area contributed by atoms with Crippen molar-refractivity contribution in [1.29, 1.82) is 0 Å². The lowest BCUT2D eigenvalue weighted by Gasteiger charge is -2.07. The number of halogens is 1. The predicted octanol–water partition coefficient (Wildman–Crippen LogP) is 4.97. The van der Waals surface area contributed by atoms with Crippen LogP contribution in [0.1, 0.15) is 11.1 Å². The van der Waals surface area contributed by atoms with E-state index in [0.717, 1.165) is 11.3 Å². The number of aromatic nitrogens is 1. The van der Waals surface area contributed by atoms with Crippen LogP contribution >= 0.6 is 0 Å². The molecule has 0 fully saturated rings. The second-order valence-corrected chi connectivity index (χ2v) is 5.62. The molecular weight excluding hydrogens is 331 g/mol. The van der Waals surface area contributed by atoms with Gasteiger partial charge in [-0.15, -0.1) is 0 Å². The third-order valence-electron chi connectivity index (χ3n) is 3.65. The van der Waals surface area contributed by atoms with Gasteiger partial charge in [-0.05, 0) is 54.5 Å². The van der Waals surface area contributed by atoms with E-state index in [-0.39, 0.29) is 11.7 Å². The fourth-order valence-electron chi connectivity index (χ4n) is 2.30. The number of hydrogen-bond acceptors (Lipinski definition) is 3. The summed E-state index contributed by atoms with van der Waals surface area (Å²) in [4.78, 5) is 15.9. The molecule has 0 spiro atoms. The van der Waals surface area contributed by atoms with Crippen molar-refractivity contribution in [3.63, 3.8) is 0 Å². The highest BCUT2D eigenvalue weighted by molar-refractivity contribution is 6.02. The quantitative estimate of drug-likeness (QED) is 0.662. The maximum absolute atomic E-state index is 14.2. The zero-order valence-corrected chi connectivity index (χ0v) is 14.1. The molecule has 0 aliphatic heterocycles. The number of aryl methyl sites for hydroxylation is 1. The third-order valence-corrected chi connectivity index (χ3v) is 3.65. The fourth-order valence-corrected chi connectivity index (χ4v) is 2.30. The zero-order chi connectivity index (χ0) is 18.4. The fraction of sp³-hybridized carbons (Fsp3) is 0.0476. The van der Waals surface area contributed by atoms with Crippen molar-refractivity contribution in [2.45, 2.75) is 6.92 Å². The van der Waals surface area contributed by atoms with Gasteiger partial charge >= 0.3 is 0 Å². The van der Waals surface area contributed by atoms with Crippen molar-refractivity contribution in [1.82, 2.24) is 4.98 Å². The Morgan fingerprint density at radius 3 is 2.73 bits per heavy atom. The van der Waals surface area contributed by atoms with Gasteiger partial charge in [-0.1, -0.05) is 24.3 Å². The van der Waals surface area contributed by atoms with Crippen LogP contribution < -0.4 is 10.1 Å². The largest absolute Gasteiger partial charge is 0.453 e. The molecule has 0 aliphatic carbocycles. The summed E-state index contributed by atoms with van der Waals surface area (Å²) in [7, 11) is 0. The van der Waals surface area contributed by atoms with Gasteiger partial charge < -0.3 is 10.1 Å². The van der Waals surface area contributed by atoms with Crippen LogP contribution in [0.2, 0.25) is 0 Å². The van der Waals surface area contributed by atoms with Crippen molar-refractivity contribution in [3.8, 4) is 11.5 Å². The van der Waals surface area contributed by atoms with Crippen molar-refractivity contribution < 1.29 is 13.9 Å². The predicted molar refractivity (Wildman–Crippen MR) is 99.6 cm³/mol. The number of amides is 1. The van der Waals surface area contributed by atoms with Crippen LogP contribution in [0.5, 0.6) is 11.5 Å². The summed E-state index contributed by atoms with van der Waals surface area (Å²) in [6.07, 6.45) is 6.02. The number of benzene rings is 2. The molecule has 0 saturated carbocycles. The van der Waals surface area contributed by atoms with Gasteiger partial charge in [0.15, 0.2) is 11.6 Å². The van der Waals surface area contributed by atoms with Gasteiger partial charge in [-0.3, -0.25) is 9.78 Å². The van der Waals surface area contributed by atoms with Crippen LogP contribution in [-0.2, 0) is 4.79 Å². The maximum Gasteiger partial charge on any atom is 0.248 e. The molecule has 0 radical (unpaired) electrons. The van der Waals surface area contributed by atoms with Crippen LogP contribution in [-0.4, -0.2) is 10.9 Å². The van der Waals surface area contributed by atoms with E-state index in [1.807, 2.05) is 31.2 Å². The van der Waals surface area contributed by atoms with Crippen molar-refractivity contribution in [2.24, 2.45) is 0 Å². The van der Waals surface area contributed by atoms with Gasteiger partial charge in [0, 0.05) is 18.0 Å². The average Bonchev–Trinajstić information content (AvgIpc) is 2.65. The van der Waals surface area contributed by atoms with Crippen molar-refractivity contribution in [3.05, 3.63) is 90.0 Å². The molecule has 3 rings (SSSR count). The van der Waals surface area contributed by atoms with E-state index in [2.05, 4.69) is 10.3 Å². The average molecular weight is 348 g/mol. The van der Waals surface area contributed by atoms with Gasteiger partial charge in [0.1, 0.15) is 5.75 Å². The number of para-hydroxylation sites is 1. The van der Waals surface area contributed by atoms with Gasteiger partial charge in [-0.25, -0.2) is 4.39 Å². The lowest BCUT2D eigenvalue weighted by Crippen LogP contribution is -2.08. The lowest BCUT2D eigenvalue weighted by molar-refractivity contribution is -0.111. The molecule has 0 unspecified atom stereocenters. The Morgan fingerprint density at radius 2 is 2.00 bits per heavy atom. The lowest BCUT2D eigenvalue weighted by atomic mass is 10.2. The number of ether oxygens (including phenoxy) is 1. The Balaban J connectivity index is 1.66. The summed E-state index contributed by atoms with van der Waals surface area (Å²) in [6.45, 7) is 1.91. The molecule has 0 bridgehead atoms. The van der Waals surface area contributed by atoms with Crippen LogP contribution in [0.25, 0.3) is 6.08 Å². The minimum atomic E-state index is -0.518. The summed E-state index contributed by atoms with van der Waals surface area (Å²) < 4.78 is 19.6. The highest BCUT2D eigenvalue weighted by Crippen LogP contribution is 2.24. The van der Waals surface area contributed by atoms with E-state index in [1.165, 1.54) is 24.4 Å². The third kappa shape index (κ3) is 4.54. The van der Waals surface area contributed by atoms with Crippen molar-refractivity contribution in [2.75, 3.05) is 5.32 Å². The van der Waals surface area contributed by atoms with Crippen LogP contribution in [0.15, 0.2) is 73.1 Å². The number of carbonyl (C=O) groups excluding carboxylic acids is 1. The van der Waals surface area contributed by atoms with E-state index in [1.54, 1.807) is 30.5 Å². The van der Waals surface area contributed by atoms with Crippen LogP contribution in [0.4, 0.5) is 10.1 Å². The number of carbonyl (C=O) groups is 1. The van der Waals surface area contributed by atoms with Gasteiger partial charge in [0.2, 0.25) is 5.91 Å². The second kappa shape index (κ2) is 8.07. The van der Waals surface area contributed by atoms with Gasteiger partial charge in [0.05, 0.1) is 6.20 Å². The molecule has 1 N–H and O–H groups in total. The number of nitrogens with one attached hydrogen (secondary N) is 1. The first kappa shape index (κ1) is 17.4. The number of anilines is 1. The summed E-state index contributed by atoms with van der Waals surface area (Å²) in [5.41, 5.74) is 2.27. The van der Waals surface area contributed by atoms with Gasteiger partial charge in [-0.2, -0.15) is 0 Å². The minimum absolute atomic E-state index is 0.0968. The molecule has 0 aliphatic rings. The molecule has 130 valence electrons. The highest BCUT2D eigenvalue weighted by atomic mass is 19.1. The molecular formula is C21H17FN2O2. The first-order valence-electron chi connectivity index (χ1n) is 8.04. The Hall–Kier alpha value is -3.47. The SMILES string of the molecule is Cc1ccccc1NC(=O)/C=C/c1ccc(Oc2cccnc2)c(F)c1. The monoisotopic (exact) mass is 348 g/mol. The number of hydrogen-bond donors (Lipinski definition) is 1. The number of nitrogens with zero attached hydrogens (tertiary/aromatic N) is 1. The molecule has 1 amide bonds. The smallest absolute Gasteiger partial charge is 0.248 e.